The lowest BCUT2D eigenvalue weighted by molar-refractivity contribution is 0.555. The second kappa shape index (κ2) is 3.08. The Morgan fingerprint density at radius 1 is 1.36 bits per heavy atom. The molecule has 0 saturated heterocycles. The highest BCUT2D eigenvalue weighted by molar-refractivity contribution is 5.37. The fourth-order valence-corrected chi connectivity index (χ4v) is 1.78. The first-order chi connectivity index (χ1) is 6.92. The molecule has 3 heteroatoms. The molecule has 0 radical (unpaired) electrons. The van der Waals surface area contributed by atoms with Crippen molar-refractivity contribution in [3.8, 4) is 0 Å². The number of hydrogen-bond acceptors (Lipinski definition) is 3. The molecule has 0 aromatic rings. The molecule has 0 amide bonds. The highest BCUT2D eigenvalue weighted by Gasteiger charge is 2.23. The van der Waals surface area contributed by atoms with Gasteiger partial charge in [-0.2, -0.15) is 0 Å². The Bertz CT molecular complexity index is 323. The molecular formula is C11H15N3. The Balaban J connectivity index is 1.61. The number of dihydropyridines is 1. The average molecular weight is 189 g/mol. The van der Waals surface area contributed by atoms with E-state index in [-0.39, 0.29) is 6.17 Å². The van der Waals surface area contributed by atoms with Gasteiger partial charge in [0.1, 0.15) is 12.0 Å². The van der Waals surface area contributed by atoms with Gasteiger partial charge in [0.25, 0.3) is 0 Å². The van der Waals surface area contributed by atoms with Gasteiger partial charge in [-0.15, -0.1) is 0 Å². The molecule has 0 aromatic heterocycles. The quantitative estimate of drug-likeness (QED) is 0.614. The lowest BCUT2D eigenvalue weighted by atomic mass is 10.1. The second-order valence-electron chi connectivity index (χ2n) is 4.15. The smallest absolute Gasteiger partial charge is 0.124 e. The maximum Gasteiger partial charge on any atom is 0.124 e. The molecule has 2 heterocycles. The van der Waals surface area contributed by atoms with E-state index in [0.29, 0.717) is 0 Å². The number of fused-ring (bicyclic) bond motifs is 1. The van der Waals surface area contributed by atoms with E-state index in [0.717, 1.165) is 18.3 Å². The van der Waals surface area contributed by atoms with Crippen LogP contribution >= 0.6 is 0 Å². The van der Waals surface area contributed by atoms with Crippen LogP contribution in [0.15, 0.2) is 35.8 Å². The van der Waals surface area contributed by atoms with Crippen LogP contribution in [0.1, 0.15) is 12.8 Å². The highest BCUT2D eigenvalue weighted by Crippen LogP contribution is 2.27. The molecule has 2 aliphatic heterocycles. The molecule has 1 saturated carbocycles. The third-order valence-corrected chi connectivity index (χ3v) is 2.89. The van der Waals surface area contributed by atoms with Gasteiger partial charge in [-0.05, 0) is 42.7 Å². The molecule has 3 nitrogen and oxygen atoms in total. The van der Waals surface area contributed by atoms with Crippen LogP contribution in [0, 0.1) is 5.92 Å². The van der Waals surface area contributed by atoms with Gasteiger partial charge in [0.15, 0.2) is 0 Å². The standard InChI is InChI=1S/C11H15N3/c1-2-8(1)7-13-10-4-3-9-5-6-12-11(9)14-10/h3-6,8,11-14H,1-2,7H2. The second-order valence-corrected chi connectivity index (χ2v) is 4.15. The minimum absolute atomic E-state index is 0.279. The Kier molecular flexibility index (Phi) is 1.76. The molecule has 14 heavy (non-hydrogen) atoms. The van der Waals surface area contributed by atoms with E-state index in [2.05, 4.69) is 34.2 Å². The van der Waals surface area contributed by atoms with E-state index in [4.69, 9.17) is 0 Å². The van der Waals surface area contributed by atoms with Crippen molar-refractivity contribution in [3.05, 3.63) is 35.8 Å². The van der Waals surface area contributed by atoms with Crippen molar-refractivity contribution in [2.45, 2.75) is 19.0 Å². The van der Waals surface area contributed by atoms with Crippen LogP contribution in [-0.4, -0.2) is 12.7 Å². The first kappa shape index (κ1) is 7.97. The van der Waals surface area contributed by atoms with Crippen molar-refractivity contribution >= 4 is 0 Å². The van der Waals surface area contributed by atoms with Gasteiger partial charge in [0.2, 0.25) is 0 Å². The third kappa shape index (κ3) is 1.50. The average Bonchev–Trinajstić information content (AvgIpc) is 2.92. The number of nitrogens with one attached hydrogen (secondary N) is 3. The highest BCUT2D eigenvalue weighted by atomic mass is 15.2. The van der Waals surface area contributed by atoms with Crippen molar-refractivity contribution in [3.63, 3.8) is 0 Å². The van der Waals surface area contributed by atoms with Crippen molar-refractivity contribution in [1.29, 1.82) is 0 Å². The molecule has 74 valence electrons. The summed E-state index contributed by atoms with van der Waals surface area (Å²) in [6.45, 7) is 1.11. The summed E-state index contributed by atoms with van der Waals surface area (Å²) in [7, 11) is 0. The van der Waals surface area contributed by atoms with Gasteiger partial charge < -0.3 is 16.0 Å². The maximum absolute atomic E-state index is 3.43. The predicted octanol–water partition coefficient (Wildman–Crippen LogP) is 0.800. The van der Waals surface area contributed by atoms with E-state index in [9.17, 15) is 0 Å². The number of rotatable bonds is 3. The fourth-order valence-electron chi connectivity index (χ4n) is 1.78. The Morgan fingerprint density at radius 3 is 3.14 bits per heavy atom. The van der Waals surface area contributed by atoms with Crippen LogP contribution in [-0.2, 0) is 0 Å². The van der Waals surface area contributed by atoms with E-state index < -0.39 is 0 Å². The summed E-state index contributed by atoms with van der Waals surface area (Å²) in [5, 5.41) is 10.1. The first-order valence-electron chi connectivity index (χ1n) is 5.27. The monoisotopic (exact) mass is 189 g/mol. The zero-order valence-electron chi connectivity index (χ0n) is 8.09. The summed E-state index contributed by atoms with van der Waals surface area (Å²) in [6.07, 6.45) is 11.4. The summed E-state index contributed by atoms with van der Waals surface area (Å²) in [5.74, 6) is 2.06. The summed E-state index contributed by atoms with van der Waals surface area (Å²) in [5.41, 5.74) is 1.31. The van der Waals surface area contributed by atoms with Gasteiger partial charge in [-0.1, -0.05) is 6.08 Å². The van der Waals surface area contributed by atoms with E-state index in [1.165, 1.54) is 18.4 Å². The van der Waals surface area contributed by atoms with E-state index in [1.807, 2.05) is 6.20 Å². The van der Waals surface area contributed by atoms with Crippen molar-refractivity contribution in [2.75, 3.05) is 6.54 Å². The Hall–Kier alpha value is -1.38. The Labute approximate surface area is 84.0 Å². The molecular weight excluding hydrogens is 174 g/mol. The summed E-state index contributed by atoms with van der Waals surface area (Å²) < 4.78 is 0. The lowest BCUT2D eigenvalue weighted by Crippen LogP contribution is -2.43. The molecule has 1 aliphatic carbocycles. The summed E-state index contributed by atoms with van der Waals surface area (Å²) >= 11 is 0. The van der Waals surface area contributed by atoms with Gasteiger partial charge in [0.05, 0.1) is 0 Å². The fraction of sp³-hybridized carbons (Fsp3) is 0.455. The van der Waals surface area contributed by atoms with Gasteiger partial charge in [-0.25, -0.2) is 0 Å². The van der Waals surface area contributed by atoms with Crippen LogP contribution in [0.4, 0.5) is 0 Å². The van der Waals surface area contributed by atoms with Crippen LogP contribution in [0.2, 0.25) is 0 Å². The summed E-state index contributed by atoms with van der Waals surface area (Å²) in [4.78, 5) is 0. The number of hydrogen-bond donors (Lipinski definition) is 3. The van der Waals surface area contributed by atoms with Crippen LogP contribution in [0.25, 0.3) is 0 Å². The molecule has 1 atom stereocenters. The van der Waals surface area contributed by atoms with Gasteiger partial charge in [-0.3, -0.25) is 0 Å². The van der Waals surface area contributed by atoms with Crippen LogP contribution < -0.4 is 16.0 Å². The maximum atomic E-state index is 3.43. The van der Waals surface area contributed by atoms with Crippen molar-refractivity contribution in [2.24, 2.45) is 5.92 Å². The lowest BCUT2D eigenvalue weighted by Gasteiger charge is -2.23. The molecule has 0 aromatic carbocycles. The molecule has 3 aliphatic rings. The molecule has 0 spiro atoms. The first-order valence-corrected chi connectivity index (χ1v) is 5.27. The molecule has 0 bridgehead atoms. The van der Waals surface area contributed by atoms with Crippen molar-refractivity contribution < 1.29 is 0 Å². The molecule has 1 fully saturated rings. The normalized spacial score (nSPS) is 28.4. The van der Waals surface area contributed by atoms with Crippen LogP contribution in [0.3, 0.4) is 0 Å². The van der Waals surface area contributed by atoms with E-state index in [1.54, 1.807) is 0 Å². The van der Waals surface area contributed by atoms with E-state index >= 15 is 0 Å². The van der Waals surface area contributed by atoms with Gasteiger partial charge >= 0.3 is 0 Å². The minimum Gasteiger partial charge on any atom is -0.372 e. The largest absolute Gasteiger partial charge is 0.372 e. The predicted molar refractivity (Wildman–Crippen MR) is 56.1 cm³/mol. The molecule has 1 unspecified atom stereocenters. The topological polar surface area (TPSA) is 36.1 Å². The summed E-state index contributed by atoms with van der Waals surface area (Å²) in [6, 6.07) is 0. The van der Waals surface area contributed by atoms with Crippen LogP contribution in [0.5, 0.6) is 0 Å². The zero-order chi connectivity index (χ0) is 9.38. The third-order valence-electron chi connectivity index (χ3n) is 2.89. The van der Waals surface area contributed by atoms with Crippen molar-refractivity contribution in [1.82, 2.24) is 16.0 Å². The van der Waals surface area contributed by atoms with Gasteiger partial charge in [0, 0.05) is 6.54 Å². The number of allylic oxidation sites excluding steroid dienone is 2. The molecule has 3 rings (SSSR count). The zero-order valence-corrected chi connectivity index (χ0v) is 8.09. The minimum atomic E-state index is 0.279. The Morgan fingerprint density at radius 2 is 2.29 bits per heavy atom. The molecule has 3 N–H and O–H groups in total. The SMILES string of the molecule is C1=CC2=CC=C(NCC3CC3)NC2N1.